The molecule has 0 aliphatic carbocycles. The van der Waals surface area contributed by atoms with Crippen LogP contribution < -0.4 is 0 Å². The van der Waals surface area contributed by atoms with Gasteiger partial charge in [-0.1, -0.05) is 31.5 Å². The van der Waals surface area contributed by atoms with E-state index in [2.05, 4.69) is 0 Å². The number of carbonyl (C=O) groups is 1. The van der Waals surface area contributed by atoms with Gasteiger partial charge in [0.1, 0.15) is 5.75 Å². The van der Waals surface area contributed by atoms with E-state index in [9.17, 15) is 9.90 Å². The molecule has 0 aliphatic rings. The number of benzene rings is 1. The molecule has 3 heteroatoms. The van der Waals surface area contributed by atoms with Gasteiger partial charge in [-0.3, -0.25) is 4.79 Å². The fourth-order valence-corrected chi connectivity index (χ4v) is 1.53. The summed E-state index contributed by atoms with van der Waals surface area (Å²) < 4.78 is 0. The van der Waals surface area contributed by atoms with Gasteiger partial charge in [0, 0.05) is 0 Å². The summed E-state index contributed by atoms with van der Waals surface area (Å²) in [5.41, 5.74) is 1.08. The summed E-state index contributed by atoms with van der Waals surface area (Å²) in [6.45, 7) is 3.95. The van der Waals surface area contributed by atoms with Gasteiger partial charge in [0.2, 0.25) is 0 Å². The first-order chi connectivity index (χ1) is 6.07. The summed E-state index contributed by atoms with van der Waals surface area (Å²) in [4.78, 5) is 10.4. The van der Waals surface area contributed by atoms with Crippen LogP contribution in [0.15, 0.2) is 12.1 Å². The maximum Gasteiger partial charge on any atom is 0.153 e. The third-order valence-corrected chi connectivity index (χ3v) is 2.32. The molecule has 0 amide bonds. The highest BCUT2D eigenvalue weighted by Gasteiger charge is 2.11. The number of phenols is 1. The van der Waals surface area contributed by atoms with Gasteiger partial charge in [-0.05, 0) is 17.5 Å². The van der Waals surface area contributed by atoms with Crippen LogP contribution in [0, 0.1) is 0 Å². The lowest BCUT2D eigenvalue weighted by Crippen LogP contribution is -1.91. The average Bonchev–Trinajstić information content (AvgIpc) is 2.09. The second-order valence-corrected chi connectivity index (χ2v) is 3.56. The molecule has 1 aromatic rings. The van der Waals surface area contributed by atoms with Crippen LogP contribution in [0.1, 0.15) is 35.7 Å². The van der Waals surface area contributed by atoms with Gasteiger partial charge in [0.05, 0.1) is 10.6 Å². The predicted molar refractivity (Wildman–Crippen MR) is 52.6 cm³/mol. The van der Waals surface area contributed by atoms with Gasteiger partial charge >= 0.3 is 0 Å². The second kappa shape index (κ2) is 3.79. The Labute approximate surface area is 82.2 Å². The SMILES string of the molecule is CC(C)c1ccc(C=O)c(O)c1Cl. The Morgan fingerprint density at radius 3 is 2.54 bits per heavy atom. The largest absolute Gasteiger partial charge is 0.506 e. The second-order valence-electron chi connectivity index (χ2n) is 3.18. The highest BCUT2D eigenvalue weighted by Crippen LogP contribution is 2.33. The molecular formula is C10H11ClO2. The van der Waals surface area contributed by atoms with Crippen molar-refractivity contribution in [3.8, 4) is 5.75 Å². The molecule has 1 N–H and O–H groups in total. The maximum atomic E-state index is 10.4. The number of aromatic hydroxyl groups is 1. The first kappa shape index (κ1) is 10.1. The maximum absolute atomic E-state index is 10.4. The average molecular weight is 199 g/mol. The molecule has 0 aromatic heterocycles. The van der Waals surface area contributed by atoms with Crippen LogP contribution in [0.3, 0.4) is 0 Å². The zero-order chi connectivity index (χ0) is 10.0. The van der Waals surface area contributed by atoms with E-state index in [0.717, 1.165) is 5.56 Å². The van der Waals surface area contributed by atoms with Crippen LogP contribution in [-0.4, -0.2) is 11.4 Å². The lowest BCUT2D eigenvalue weighted by molar-refractivity contribution is 0.112. The number of carbonyl (C=O) groups excluding carboxylic acids is 1. The van der Waals surface area contributed by atoms with Gasteiger partial charge in [-0.2, -0.15) is 0 Å². The van der Waals surface area contributed by atoms with Gasteiger partial charge in [-0.25, -0.2) is 0 Å². The Morgan fingerprint density at radius 2 is 2.08 bits per heavy atom. The monoisotopic (exact) mass is 198 g/mol. The molecule has 0 aliphatic heterocycles. The minimum Gasteiger partial charge on any atom is -0.506 e. The standard InChI is InChI=1S/C10H11ClO2/c1-6(2)8-4-3-7(5-12)10(13)9(8)11/h3-6,13H,1-2H3. The first-order valence-electron chi connectivity index (χ1n) is 4.04. The Bertz CT molecular complexity index is 332. The van der Waals surface area contributed by atoms with Crippen molar-refractivity contribution in [1.29, 1.82) is 0 Å². The zero-order valence-electron chi connectivity index (χ0n) is 7.54. The third kappa shape index (κ3) is 1.83. The fraction of sp³-hybridized carbons (Fsp3) is 0.300. The minimum atomic E-state index is -0.122. The normalized spacial score (nSPS) is 10.5. The molecule has 70 valence electrons. The van der Waals surface area contributed by atoms with Crippen LogP contribution in [-0.2, 0) is 0 Å². The lowest BCUT2D eigenvalue weighted by Gasteiger charge is -2.10. The Kier molecular flexibility index (Phi) is 2.94. The van der Waals surface area contributed by atoms with E-state index in [1.807, 2.05) is 13.8 Å². The summed E-state index contributed by atoms with van der Waals surface area (Å²) in [5, 5.41) is 9.74. The lowest BCUT2D eigenvalue weighted by atomic mass is 10.0. The van der Waals surface area contributed by atoms with Crippen molar-refractivity contribution in [3.63, 3.8) is 0 Å². The van der Waals surface area contributed by atoms with Gasteiger partial charge in [-0.15, -0.1) is 0 Å². The van der Waals surface area contributed by atoms with Gasteiger partial charge in [0.15, 0.2) is 6.29 Å². The molecule has 0 radical (unpaired) electrons. The zero-order valence-corrected chi connectivity index (χ0v) is 8.30. The number of rotatable bonds is 2. The number of aldehydes is 1. The molecule has 0 saturated carbocycles. The summed E-state index contributed by atoms with van der Waals surface area (Å²) in [6, 6.07) is 3.33. The van der Waals surface area contributed by atoms with E-state index in [-0.39, 0.29) is 22.3 Å². The highest BCUT2D eigenvalue weighted by molar-refractivity contribution is 6.33. The van der Waals surface area contributed by atoms with Crippen LogP contribution in [0.2, 0.25) is 5.02 Å². The van der Waals surface area contributed by atoms with Crippen LogP contribution in [0.5, 0.6) is 5.75 Å². The van der Waals surface area contributed by atoms with Crippen LogP contribution in [0.25, 0.3) is 0 Å². The van der Waals surface area contributed by atoms with Crippen molar-refractivity contribution < 1.29 is 9.90 Å². The quantitative estimate of drug-likeness (QED) is 0.742. The predicted octanol–water partition coefficient (Wildman–Crippen LogP) is 2.98. The van der Waals surface area contributed by atoms with Crippen LogP contribution >= 0.6 is 11.6 Å². The van der Waals surface area contributed by atoms with E-state index < -0.39 is 0 Å². The van der Waals surface area contributed by atoms with Crippen molar-refractivity contribution in [2.45, 2.75) is 19.8 Å². The smallest absolute Gasteiger partial charge is 0.153 e. The fourth-order valence-electron chi connectivity index (χ4n) is 1.14. The third-order valence-electron chi connectivity index (χ3n) is 1.93. The molecule has 0 saturated heterocycles. The molecule has 1 aromatic carbocycles. The molecule has 1 rings (SSSR count). The molecule has 13 heavy (non-hydrogen) atoms. The number of hydrogen-bond donors (Lipinski definition) is 1. The van der Waals surface area contributed by atoms with Gasteiger partial charge in [0.25, 0.3) is 0 Å². The molecule has 0 spiro atoms. The van der Waals surface area contributed by atoms with E-state index in [1.54, 1.807) is 12.1 Å². The van der Waals surface area contributed by atoms with Crippen molar-refractivity contribution in [1.82, 2.24) is 0 Å². The Morgan fingerprint density at radius 1 is 1.46 bits per heavy atom. The van der Waals surface area contributed by atoms with Crippen molar-refractivity contribution in [3.05, 3.63) is 28.3 Å². The van der Waals surface area contributed by atoms with E-state index in [1.165, 1.54) is 0 Å². The first-order valence-corrected chi connectivity index (χ1v) is 4.42. The summed E-state index contributed by atoms with van der Waals surface area (Å²) in [5.74, 6) is 0.113. The van der Waals surface area contributed by atoms with Gasteiger partial charge < -0.3 is 5.11 Å². The van der Waals surface area contributed by atoms with E-state index in [0.29, 0.717) is 6.29 Å². The molecule has 0 fully saturated rings. The molecule has 0 bridgehead atoms. The molecule has 0 unspecified atom stereocenters. The number of phenolic OH excluding ortho intramolecular Hbond substituents is 1. The van der Waals surface area contributed by atoms with Crippen molar-refractivity contribution in [2.24, 2.45) is 0 Å². The topological polar surface area (TPSA) is 37.3 Å². The van der Waals surface area contributed by atoms with Crippen molar-refractivity contribution >= 4 is 17.9 Å². The van der Waals surface area contributed by atoms with E-state index >= 15 is 0 Å². The molecule has 0 atom stereocenters. The molecule has 0 heterocycles. The molecule has 2 nitrogen and oxygen atoms in total. The Balaban J connectivity index is 3.31. The molecular weight excluding hydrogens is 188 g/mol. The minimum absolute atomic E-state index is 0.122. The highest BCUT2D eigenvalue weighted by atomic mass is 35.5. The number of halogens is 1. The number of hydrogen-bond acceptors (Lipinski definition) is 2. The summed E-state index contributed by atoms with van der Waals surface area (Å²) in [7, 11) is 0. The Hall–Kier alpha value is -1.02. The summed E-state index contributed by atoms with van der Waals surface area (Å²) >= 11 is 5.86. The van der Waals surface area contributed by atoms with E-state index in [4.69, 9.17) is 11.6 Å². The van der Waals surface area contributed by atoms with Crippen LogP contribution in [0.4, 0.5) is 0 Å². The summed E-state index contributed by atoms with van der Waals surface area (Å²) in [6.07, 6.45) is 0.589. The van der Waals surface area contributed by atoms with Crippen molar-refractivity contribution in [2.75, 3.05) is 0 Å².